The topological polar surface area (TPSA) is 23.6 Å². The van der Waals surface area contributed by atoms with Crippen molar-refractivity contribution in [1.29, 1.82) is 0 Å². The third-order valence-corrected chi connectivity index (χ3v) is 4.42. The van der Waals surface area contributed by atoms with Crippen molar-refractivity contribution in [2.24, 2.45) is 0 Å². The molecule has 2 rings (SSSR count). The number of rotatable bonds is 2. The minimum Gasteiger partial charge on any atom is -0.336 e. The molecule has 0 aromatic heterocycles. The molecule has 0 aliphatic carbocycles. The maximum Gasteiger partial charge on any atom is 0.255 e. The number of hydrogen-bond donors (Lipinski definition) is 0. The molecule has 0 bridgehead atoms. The molecule has 1 fully saturated rings. The first kappa shape index (κ1) is 14.8. The Bertz CT molecular complexity index is 471. The van der Waals surface area contributed by atoms with Crippen LogP contribution in [0.3, 0.4) is 0 Å². The Balaban J connectivity index is 2.07. The monoisotopic (exact) mass is 344 g/mol. The fourth-order valence-corrected chi connectivity index (χ4v) is 2.86. The fourth-order valence-electron chi connectivity index (χ4n) is 2.27. The van der Waals surface area contributed by atoms with Crippen LogP contribution in [0.1, 0.15) is 24.2 Å². The van der Waals surface area contributed by atoms with Crippen molar-refractivity contribution in [3.05, 3.63) is 33.3 Å². The molecule has 1 amide bonds. The van der Waals surface area contributed by atoms with Gasteiger partial charge in [0.05, 0.1) is 5.56 Å². The molecule has 1 aromatic rings. The number of benzene rings is 1. The molecule has 0 saturated carbocycles. The number of halogens is 2. The predicted molar refractivity (Wildman–Crippen MR) is 81.8 cm³/mol. The van der Waals surface area contributed by atoms with Gasteiger partial charge in [0.25, 0.3) is 5.91 Å². The lowest BCUT2D eigenvalue weighted by Crippen LogP contribution is -2.50. The Kier molecular flexibility index (Phi) is 4.87. The molecule has 1 saturated heterocycles. The second-order valence-corrected chi connectivity index (χ2v) is 6.34. The largest absolute Gasteiger partial charge is 0.336 e. The number of amides is 1. The van der Waals surface area contributed by atoms with Gasteiger partial charge in [0.15, 0.2) is 0 Å². The van der Waals surface area contributed by atoms with E-state index in [0.29, 0.717) is 16.6 Å². The summed E-state index contributed by atoms with van der Waals surface area (Å²) in [7, 11) is 0. The van der Waals surface area contributed by atoms with Crippen molar-refractivity contribution >= 4 is 33.4 Å². The van der Waals surface area contributed by atoms with E-state index in [1.165, 1.54) is 0 Å². The lowest BCUT2D eigenvalue weighted by molar-refractivity contribution is 0.0594. The number of nitrogens with zero attached hydrogens (tertiary/aromatic N) is 2. The number of carbonyl (C=O) groups is 1. The molecule has 0 atom stereocenters. The van der Waals surface area contributed by atoms with Gasteiger partial charge in [-0.2, -0.15) is 0 Å². The van der Waals surface area contributed by atoms with E-state index in [9.17, 15) is 4.79 Å². The molecular formula is C14H18BrClN2O. The summed E-state index contributed by atoms with van der Waals surface area (Å²) < 4.78 is 0.799. The van der Waals surface area contributed by atoms with E-state index >= 15 is 0 Å². The summed E-state index contributed by atoms with van der Waals surface area (Å²) >= 11 is 9.38. The molecule has 104 valence electrons. The third kappa shape index (κ3) is 3.50. The fraction of sp³-hybridized carbons (Fsp3) is 0.500. The molecular weight excluding hydrogens is 328 g/mol. The summed E-state index contributed by atoms with van der Waals surface area (Å²) in [6, 6.07) is 5.86. The zero-order chi connectivity index (χ0) is 14.0. The van der Waals surface area contributed by atoms with Crippen molar-refractivity contribution in [2.75, 3.05) is 26.2 Å². The van der Waals surface area contributed by atoms with Crippen LogP contribution in [0.15, 0.2) is 22.7 Å². The van der Waals surface area contributed by atoms with Crippen molar-refractivity contribution in [3.8, 4) is 0 Å². The second kappa shape index (κ2) is 6.25. The van der Waals surface area contributed by atoms with Crippen molar-refractivity contribution < 1.29 is 4.79 Å². The van der Waals surface area contributed by atoms with Gasteiger partial charge in [-0.15, -0.1) is 0 Å². The molecule has 5 heteroatoms. The lowest BCUT2D eigenvalue weighted by Gasteiger charge is -2.37. The van der Waals surface area contributed by atoms with E-state index in [1.807, 2.05) is 11.0 Å². The van der Waals surface area contributed by atoms with Crippen molar-refractivity contribution in [2.45, 2.75) is 19.9 Å². The maximum atomic E-state index is 12.5. The van der Waals surface area contributed by atoms with Crippen LogP contribution in [0, 0.1) is 0 Å². The van der Waals surface area contributed by atoms with Gasteiger partial charge in [-0.05, 0) is 48.0 Å². The van der Waals surface area contributed by atoms with E-state index in [2.05, 4.69) is 34.7 Å². The van der Waals surface area contributed by atoms with Gasteiger partial charge in [0.1, 0.15) is 0 Å². The van der Waals surface area contributed by atoms with Crippen LogP contribution in [0.4, 0.5) is 0 Å². The van der Waals surface area contributed by atoms with Gasteiger partial charge in [-0.1, -0.05) is 11.6 Å². The van der Waals surface area contributed by atoms with Gasteiger partial charge in [-0.3, -0.25) is 9.69 Å². The average molecular weight is 346 g/mol. The van der Waals surface area contributed by atoms with Crippen molar-refractivity contribution in [1.82, 2.24) is 9.80 Å². The van der Waals surface area contributed by atoms with Crippen LogP contribution in [0.2, 0.25) is 5.02 Å². The van der Waals surface area contributed by atoms with Crippen LogP contribution in [0.5, 0.6) is 0 Å². The third-order valence-electron chi connectivity index (χ3n) is 3.49. The SMILES string of the molecule is CC(C)N1CCN(C(=O)c2cc(Cl)ccc2Br)CC1. The molecule has 1 aromatic carbocycles. The first-order valence-electron chi connectivity index (χ1n) is 6.47. The van der Waals surface area contributed by atoms with Crippen LogP contribution in [-0.4, -0.2) is 47.9 Å². The minimum absolute atomic E-state index is 0.0535. The normalized spacial score (nSPS) is 17.0. The highest BCUT2D eigenvalue weighted by Gasteiger charge is 2.24. The quantitative estimate of drug-likeness (QED) is 0.821. The molecule has 1 aliphatic rings. The molecule has 0 spiro atoms. The van der Waals surface area contributed by atoms with E-state index in [1.54, 1.807) is 12.1 Å². The van der Waals surface area contributed by atoms with Gasteiger partial charge < -0.3 is 4.90 Å². The average Bonchev–Trinajstić information content (AvgIpc) is 2.41. The van der Waals surface area contributed by atoms with Gasteiger partial charge in [0, 0.05) is 41.7 Å². The summed E-state index contributed by atoms with van der Waals surface area (Å²) in [6.07, 6.45) is 0. The van der Waals surface area contributed by atoms with E-state index in [0.717, 1.165) is 30.7 Å². The highest BCUT2D eigenvalue weighted by Crippen LogP contribution is 2.23. The Morgan fingerprint density at radius 3 is 2.47 bits per heavy atom. The summed E-state index contributed by atoms with van der Waals surface area (Å²) in [4.78, 5) is 16.8. The zero-order valence-electron chi connectivity index (χ0n) is 11.2. The van der Waals surface area contributed by atoms with Gasteiger partial charge in [0.2, 0.25) is 0 Å². The molecule has 1 aliphatic heterocycles. The van der Waals surface area contributed by atoms with Crippen LogP contribution in [-0.2, 0) is 0 Å². The van der Waals surface area contributed by atoms with E-state index in [-0.39, 0.29) is 5.91 Å². The predicted octanol–water partition coefficient (Wildman–Crippen LogP) is 3.27. The van der Waals surface area contributed by atoms with Crippen LogP contribution < -0.4 is 0 Å². The summed E-state index contributed by atoms with van der Waals surface area (Å²) in [6.45, 7) is 7.78. The second-order valence-electron chi connectivity index (χ2n) is 5.05. The minimum atomic E-state index is 0.0535. The van der Waals surface area contributed by atoms with E-state index in [4.69, 9.17) is 11.6 Å². The zero-order valence-corrected chi connectivity index (χ0v) is 13.5. The Morgan fingerprint density at radius 1 is 1.26 bits per heavy atom. The molecule has 19 heavy (non-hydrogen) atoms. The van der Waals surface area contributed by atoms with E-state index < -0.39 is 0 Å². The first-order chi connectivity index (χ1) is 8.99. The number of carbonyl (C=O) groups excluding carboxylic acids is 1. The maximum absolute atomic E-state index is 12.5. The van der Waals surface area contributed by atoms with Crippen molar-refractivity contribution in [3.63, 3.8) is 0 Å². The van der Waals surface area contributed by atoms with Gasteiger partial charge >= 0.3 is 0 Å². The molecule has 3 nitrogen and oxygen atoms in total. The number of piperazine rings is 1. The molecule has 0 unspecified atom stereocenters. The Labute approximate surface area is 127 Å². The number of hydrogen-bond acceptors (Lipinski definition) is 2. The first-order valence-corrected chi connectivity index (χ1v) is 7.64. The molecule has 0 N–H and O–H groups in total. The smallest absolute Gasteiger partial charge is 0.255 e. The summed E-state index contributed by atoms with van der Waals surface area (Å²) in [5.74, 6) is 0.0535. The summed E-state index contributed by atoms with van der Waals surface area (Å²) in [5, 5.41) is 0.590. The molecule has 1 heterocycles. The van der Waals surface area contributed by atoms with Crippen LogP contribution >= 0.6 is 27.5 Å². The Morgan fingerprint density at radius 2 is 1.89 bits per heavy atom. The highest BCUT2D eigenvalue weighted by molar-refractivity contribution is 9.10. The highest BCUT2D eigenvalue weighted by atomic mass is 79.9. The Hall–Kier alpha value is -0.580. The molecule has 0 radical (unpaired) electrons. The standard InChI is InChI=1S/C14H18BrClN2O/c1-10(2)17-5-7-18(8-6-17)14(19)12-9-11(16)3-4-13(12)15/h3-4,9-10H,5-8H2,1-2H3. The summed E-state index contributed by atoms with van der Waals surface area (Å²) in [5.41, 5.74) is 0.644. The van der Waals surface area contributed by atoms with Gasteiger partial charge in [-0.25, -0.2) is 0 Å². The van der Waals surface area contributed by atoms with Crippen LogP contribution in [0.25, 0.3) is 0 Å². The lowest BCUT2D eigenvalue weighted by atomic mass is 10.1.